The number of hydrogen-bond acceptors (Lipinski definition) is 2. The van der Waals surface area contributed by atoms with Crippen molar-refractivity contribution in [3.05, 3.63) is 28.8 Å². The molecular formula is C15H21ClN2O. The third kappa shape index (κ3) is 3.41. The first-order valence-corrected chi connectivity index (χ1v) is 7.33. The molecule has 1 aromatic carbocycles. The highest BCUT2D eigenvalue weighted by Crippen LogP contribution is 2.30. The lowest BCUT2D eigenvalue weighted by Crippen LogP contribution is -2.34. The highest BCUT2D eigenvalue weighted by atomic mass is 35.5. The van der Waals surface area contributed by atoms with E-state index >= 15 is 0 Å². The Balaban J connectivity index is 2.22. The van der Waals surface area contributed by atoms with Crippen LogP contribution in [0.5, 0.6) is 0 Å². The number of nitrogens with one attached hydrogen (secondary N) is 1. The van der Waals surface area contributed by atoms with Crippen molar-refractivity contribution in [2.75, 3.05) is 18.9 Å². The smallest absolute Gasteiger partial charge is 0.256 e. The predicted molar refractivity (Wildman–Crippen MR) is 80.0 cm³/mol. The monoisotopic (exact) mass is 280 g/mol. The molecule has 1 fully saturated rings. The average molecular weight is 281 g/mol. The lowest BCUT2D eigenvalue weighted by Gasteiger charge is -2.23. The first-order valence-electron chi connectivity index (χ1n) is 6.95. The van der Waals surface area contributed by atoms with Gasteiger partial charge in [-0.15, -0.1) is 0 Å². The highest BCUT2D eigenvalue weighted by molar-refractivity contribution is 6.31. The van der Waals surface area contributed by atoms with Gasteiger partial charge in [0, 0.05) is 30.3 Å². The minimum Gasteiger partial charge on any atom is -0.387 e. The molecule has 0 unspecified atom stereocenters. The molecular weight excluding hydrogens is 260 g/mol. The van der Waals surface area contributed by atoms with Crippen LogP contribution in [0.25, 0.3) is 0 Å². The molecule has 0 bridgehead atoms. The van der Waals surface area contributed by atoms with Crippen LogP contribution in [0.15, 0.2) is 18.2 Å². The summed E-state index contributed by atoms with van der Waals surface area (Å²) in [5.74, 6) is 0.0998. The Kier molecular flexibility index (Phi) is 4.70. The van der Waals surface area contributed by atoms with Crippen LogP contribution in [0.4, 0.5) is 5.69 Å². The van der Waals surface area contributed by atoms with E-state index in [2.05, 4.69) is 12.2 Å². The molecule has 0 saturated heterocycles. The summed E-state index contributed by atoms with van der Waals surface area (Å²) >= 11 is 6.02. The molecule has 1 N–H and O–H groups in total. The fraction of sp³-hybridized carbons (Fsp3) is 0.533. The van der Waals surface area contributed by atoms with E-state index in [0.29, 0.717) is 16.6 Å². The van der Waals surface area contributed by atoms with Crippen molar-refractivity contribution in [1.82, 2.24) is 4.90 Å². The molecule has 0 heterocycles. The largest absolute Gasteiger partial charge is 0.387 e. The first-order chi connectivity index (χ1) is 9.17. The van der Waals surface area contributed by atoms with Gasteiger partial charge in [-0.25, -0.2) is 0 Å². The van der Waals surface area contributed by atoms with E-state index in [1.807, 2.05) is 18.0 Å². The van der Waals surface area contributed by atoms with Crippen LogP contribution in [0.3, 0.4) is 0 Å². The normalized spacial score (nSPS) is 14.3. The fourth-order valence-electron chi connectivity index (χ4n) is 2.23. The summed E-state index contributed by atoms with van der Waals surface area (Å²) in [7, 11) is 1.83. The SMILES string of the molecule is CCCCN(C(=O)c1cc(Cl)ccc1NC)C1CC1. The topological polar surface area (TPSA) is 32.3 Å². The Morgan fingerprint density at radius 1 is 1.47 bits per heavy atom. The van der Waals surface area contributed by atoms with E-state index in [1.54, 1.807) is 12.1 Å². The van der Waals surface area contributed by atoms with Crippen molar-refractivity contribution >= 4 is 23.2 Å². The van der Waals surface area contributed by atoms with Crippen LogP contribution in [0.2, 0.25) is 5.02 Å². The molecule has 1 saturated carbocycles. The minimum atomic E-state index is 0.0998. The van der Waals surface area contributed by atoms with Gasteiger partial charge in [-0.05, 0) is 37.5 Å². The number of benzene rings is 1. The lowest BCUT2D eigenvalue weighted by atomic mass is 10.1. The van der Waals surface area contributed by atoms with Gasteiger partial charge < -0.3 is 10.2 Å². The maximum absolute atomic E-state index is 12.7. The van der Waals surface area contributed by atoms with Gasteiger partial charge in [0.25, 0.3) is 5.91 Å². The molecule has 0 radical (unpaired) electrons. The maximum Gasteiger partial charge on any atom is 0.256 e. The maximum atomic E-state index is 12.7. The summed E-state index contributed by atoms with van der Waals surface area (Å²) in [5.41, 5.74) is 1.52. The average Bonchev–Trinajstić information content (AvgIpc) is 3.23. The molecule has 1 aromatic rings. The molecule has 19 heavy (non-hydrogen) atoms. The van der Waals surface area contributed by atoms with Crippen molar-refractivity contribution in [2.24, 2.45) is 0 Å². The van der Waals surface area contributed by atoms with E-state index in [9.17, 15) is 4.79 Å². The highest BCUT2D eigenvalue weighted by Gasteiger charge is 2.33. The zero-order valence-corrected chi connectivity index (χ0v) is 12.3. The second kappa shape index (κ2) is 6.29. The number of rotatable bonds is 6. The van der Waals surface area contributed by atoms with Crippen molar-refractivity contribution in [3.63, 3.8) is 0 Å². The van der Waals surface area contributed by atoms with E-state index in [0.717, 1.165) is 37.9 Å². The van der Waals surface area contributed by atoms with Crippen molar-refractivity contribution in [3.8, 4) is 0 Å². The van der Waals surface area contributed by atoms with E-state index in [4.69, 9.17) is 11.6 Å². The molecule has 104 valence electrons. The molecule has 0 aliphatic heterocycles. The Morgan fingerprint density at radius 3 is 2.79 bits per heavy atom. The van der Waals surface area contributed by atoms with Crippen LogP contribution < -0.4 is 5.32 Å². The quantitative estimate of drug-likeness (QED) is 0.860. The number of nitrogens with zero attached hydrogens (tertiary/aromatic N) is 1. The summed E-state index contributed by atoms with van der Waals surface area (Å²) in [5, 5.41) is 3.67. The predicted octanol–water partition coefficient (Wildman–Crippen LogP) is 3.79. The van der Waals surface area contributed by atoms with Gasteiger partial charge in [0.2, 0.25) is 0 Å². The van der Waals surface area contributed by atoms with Gasteiger partial charge in [0.1, 0.15) is 0 Å². The van der Waals surface area contributed by atoms with E-state index in [1.165, 1.54) is 0 Å². The Bertz CT molecular complexity index is 457. The van der Waals surface area contributed by atoms with Crippen molar-refractivity contribution in [2.45, 2.75) is 38.6 Å². The molecule has 1 aliphatic rings. The number of carbonyl (C=O) groups excluding carboxylic acids is 1. The number of hydrogen-bond donors (Lipinski definition) is 1. The summed E-state index contributed by atoms with van der Waals surface area (Å²) < 4.78 is 0. The van der Waals surface area contributed by atoms with Gasteiger partial charge in [0.05, 0.1) is 5.56 Å². The third-order valence-corrected chi connectivity index (χ3v) is 3.72. The van der Waals surface area contributed by atoms with E-state index in [-0.39, 0.29) is 5.91 Å². The number of carbonyl (C=O) groups is 1. The van der Waals surface area contributed by atoms with Crippen LogP contribution in [-0.2, 0) is 0 Å². The zero-order valence-electron chi connectivity index (χ0n) is 11.6. The molecule has 3 nitrogen and oxygen atoms in total. The lowest BCUT2D eigenvalue weighted by molar-refractivity contribution is 0.0741. The van der Waals surface area contributed by atoms with Crippen LogP contribution in [-0.4, -0.2) is 30.4 Å². The van der Waals surface area contributed by atoms with Gasteiger partial charge in [-0.2, -0.15) is 0 Å². The molecule has 0 aromatic heterocycles. The Morgan fingerprint density at radius 2 is 2.21 bits per heavy atom. The second-order valence-corrected chi connectivity index (χ2v) is 5.46. The Hall–Kier alpha value is -1.22. The third-order valence-electron chi connectivity index (χ3n) is 3.48. The van der Waals surface area contributed by atoms with Gasteiger partial charge in [0.15, 0.2) is 0 Å². The summed E-state index contributed by atoms with van der Waals surface area (Å²) in [6.07, 6.45) is 4.42. The molecule has 1 amide bonds. The van der Waals surface area contributed by atoms with Crippen LogP contribution in [0.1, 0.15) is 43.0 Å². The number of amides is 1. The zero-order chi connectivity index (χ0) is 13.8. The van der Waals surface area contributed by atoms with Crippen LogP contribution in [0, 0.1) is 0 Å². The van der Waals surface area contributed by atoms with Gasteiger partial charge in [-0.1, -0.05) is 24.9 Å². The van der Waals surface area contributed by atoms with Crippen LogP contribution >= 0.6 is 11.6 Å². The van der Waals surface area contributed by atoms with Gasteiger partial charge >= 0.3 is 0 Å². The number of unbranched alkanes of at least 4 members (excludes halogenated alkanes) is 1. The summed E-state index contributed by atoms with van der Waals surface area (Å²) in [6.45, 7) is 2.99. The fourth-order valence-corrected chi connectivity index (χ4v) is 2.40. The minimum absolute atomic E-state index is 0.0998. The number of halogens is 1. The van der Waals surface area contributed by atoms with Crippen molar-refractivity contribution in [1.29, 1.82) is 0 Å². The summed E-state index contributed by atoms with van der Waals surface area (Å²) in [6, 6.07) is 5.86. The second-order valence-electron chi connectivity index (χ2n) is 5.02. The van der Waals surface area contributed by atoms with E-state index < -0.39 is 0 Å². The standard InChI is InChI=1S/C15H21ClN2O/c1-3-4-9-18(12-6-7-12)15(19)13-10-11(16)5-8-14(13)17-2/h5,8,10,12,17H,3-4,6-7,9H2,1-2H3. The molecule has 0 spiro atoms. The first kappa shape index (κ1) is 14.2. The van der Waals surface area contributed by atoms with Gasteiger partial charge in [-0.3, -0.25) is 4.79 Å². The number of anilines is 1. The Labute approximate surface area is 119 Å². The molecule has 4 heteroatoms. The molecule has 0 atom stereocenters. The van der Waals surface area contributed by atoms with Crippen molar-refractivity contribution < 1.29 is 4.79 Å². The molecule has 2 rings (SSSR count). The summed E-state index contributed by atoms with van der Waals surface area (Å²) in [4.78, 5) is 14.7. The molecule has 1 aliphatic carbocycles.